The first kappa shape index (κ1) is 20.9. The Morgan fingerprint density at radius 3 is 2.75 bits per heavy atom. The summed E-state index contributed by atoms with van der Waals surface area (Å²) in [7, 11) is 0. The van der Waals surface area contributed by atoms with Crippen LogP contribution in [0.3, 0.4) is 0 Å². The minimum absolute atomic E-state index is 0.0178. The topological polar surface area (TPSA) is 91.1 Å². The number of primary amides is 1. The van der Waals surface area contributed by atoms with Gasteiger partial charge in [0.05, 0.1) is 25.7 Å². The summed E-state index contributed by atoms with van der Waals surface area (Å²) in [6.07, 6.45) is 3.37. The van der Waals surface area contributed by atoms with Crippen molar-refractivity contribution in [1.82, 2.24) is 4.90 Å². The molecule has 1 aromatic rings. The van der Waals surface area contributed by atoms with Gasteiger partial charge in [0.25, 0.3) is 0 Å². The van der Waals surface area contributed by atoms with Crippen molar-refractivity contribution in [2.24, 2.45) is 5.73 Å². The van der Waals surface area contributed by atoms with Crippen LogP contribution in [0.4, 0.5) is 0 Å². The molecule has 154 valence electrons. The van der Waals surface area contributed by atoms with Crippen LogP contribution in [-0.4, -0.2) is 61.3 Å². The molecular weight excluding hydrogens is 384 g/mol. The van der Waals surface area contributed by atoms with E-state index in [1.54, 1.807) is 29.2 Å². The molecule has 2 saturated heterocycles. The molecule has 0 spiro atoms. The van der Waals surface area contributed by atoms with Gasteiger partial charge in [0.2, 0.25) is 11.8 Å². The number of hydrogen-bond donors (Lipinski definition) is 1. The number of ether oxygens (including phenoxy) is 3. The summed E-state index contributed by atoms with van der Waals surface area (Å²) in [5.41, 5.74) is 4.49. The molecule has 2 N–H and O–H groups in total. The Morgan fingerprint density at radius 1 is 1.29 bits per heavy atom. The van der Waals surface area contributed by atoms with Crippen molar-refractivity contribution in [3.63, 3.8) is 0 Å². The predicted molar refractivity (Wildman–Crippen MR) is 104 cm³/mol. The second kappa shape index (κ2) is 9.58. The minimum Gasteiger partial charge on any atom is -0.490 e. The van der Waals surface area contributed by atoms with Crippen molar-refractivity contribution < 1.29 is 23.8 Å². The zero-order valence-electron chi connectivity index (χ0n) is 15.9. The van der Waals surface area contributed by atoms with Gasteiger partial charge in [-0.3, -0.25) is 9.59 Å². The number of benzene rings is 1. The maximum absolute atomic E-state index is 12.7. The second-order valence-electron chi connectivity index (χ2n) is 7.41. The molecule has 0 radical (unpaired) electrons. The fourth-order valence-electron chi connectivity index (χ4n) is 3.68. The molecule has 7 nitrogen and oxygen atoms in total. The SMILES string of the molecule is NC(=O)C[C@@]1(COc2ccc(Cl)cc2)CN(C(=O)CC[C@H]2CCCO2)CCO1. The van der Waals surface area contributed by atoms with Crippen LogP contribution in [0.5, 0.6) is 5.75 Å². The molecule has 28 heavy (non-hydrogen) atoms. The highest BCUT2D eigenvalue weighted by Crippen LogP contribution is 2.26. The number of carbonyl (C=O) groups excluding carboxylic acids is 2. The highest BCUT2D eigenvalue weighted by molar-refractivity contribution is 6.30. The number of hydrogen-bond acceptors (Lipinski definition) is 5. The average molecular weight is 411 g/mol. The van der Waals surface area contributed by atoms with Gasteiger partial charge < -0.3 is 24.8 Å². The lowest BCUT2D eigenvalue weighted by Crippen LogP contribution is -2.58. The van der Waals surface area contributed by atoms with Crippen molar-refractivity contribution >= 4 is 23.4 Å². The van der Waals surface area contributed by atoms with E-state index in [0.29, 0.717) is 30.3 Å². The first-order valence-electron chi connectivity index (χ1n) is 9.66. The third kappa shape index (κ3) is 5.83. The van der Waals surface area contributed by atoms with Gasteiger partial charge in [-0.05, 0) is 43.5 Å². The van der Waals surface area contributed by atoms with Crippen LogP contribution < -0.4 is 10.5 Å². The summed E-state index contributed by atoms with van der Waals surface area (Å²) in [6, 6.07) is 6.93. The van der Waals surface area contributed by atoms with Gasteiger partial charge in [-0.15, -0.1) is 0 Å². The highest BCUT2D eigenvalue weighted by Gasteiger charge is 2.41. The molecule has 3 rings (SSSR count). The Balaban J connectivity index is 1.60. The number of morpholine rings is 1. The number of halogens is 1. The molecule has 2 aliphatic heterocycles. The van der Waals surface area contributed by atoms with Crippen LogP contribution in [0.2, 0.25) is 5.02 Å². The molecule has 2 atom stereocenters. The van der Waals surface area contributed by atoms with Crippen molar-refractivity contribution in [2.75, 3.05) is 32.9 Å². The number of nitrogens with zero attached hydrogens (tertiary/aromatic N) is 1. The first-order chi connectivity index (χ1) is 13.5. The molecule has 1 aromatic carbocycles. The maximum Gasteiger partial charge on any atom is 0.222 e. The van der Waals surface area contributed by atoms with E-state index in [1.165, 1.54) is 0 Å². The van der Waals surface area contributed by atoms with Gasteiger partial charge in [0, 0.05) is 24.6 Å². The quantitative estimate of drug-likeness (QED) is 0.709. The predicted octanol–water partition coefficient (Wildman–Crippen LogP) is 2.15. The fraction of sp³-hybridized carbons (Fsp3) is 0.600. The van der Waals surface area contributed by atoms with Crippen molar-refractivity contribution in [3.8, 4) is 5.75 Å². The third-order valence-electron chi connectivity index (χ3n) is 5.12. The van der Waals surface area contributed by atoms with E-state index in [-0.39, 0.29) is 31.6 Å². The van der Waals surface area contributed by atoms with Crippen molar-refractivity contribution in [3.05, 3.63) is 29.3 Å². The molecule has 2 heterocycles. The third-order valence-corrected chi connectivity index (χ3v) is 5.37. The molecule has 2 fully saturated rings. The standard InChI is InChI=1S/C20H27ClN2O5/c21-15-3-5-17(6-4-15)27-14-20(12-18(22)24)13-23(9-11-28-20)19(25)8-7-16-2-1-10-26-16/h3-6,16H,1-2,7-14H2,(H2,22,24)/t16-,20+/m1/s1. The smallest absolute Gasteiger partial charge is 0.222 e. The summed E-state index contributed by atoms with van der Waals surface area (Å²) >= 11 is 5.89. The Labute approximate surface area is 170 Å². The molecular formula is C20H27ClN2O5. The van der Waals surface area contributed by atoms with Crippen LogP contribution in [0, 0.1) is 0 Å². The summed E-state index contributed by atoms with van der Waals surface area (Å²) in [5, 5.41) is 0.608. The number of nitrogens with two attached hydrogens (primary N) is 1. The van der Waals surface area contributed by atoms with Gasteiger partial charge in [0.1, 0.15) is 18.0 Å². The van der Waals surface area contributed by atoms with Crippen LogP contribution in [0.25, 0.3) is 0 Å². The van der Waals surface area contributed by atoms with E-state index in [9.17, 15) is 9.59 Å². The van der Waals surface area contributed by atoms with E-state index in [1.807, 2.05) is 0 Å². The van der Waals surface area contributed by atoms with Gasteiger partial charge in [-0.25, -0.2) is 0 Å². The maximum atomic E-state index is 12.7. The number of carbonyl (C=O) groups is 2. The molecule has 0 aromatic heterocycles. The Kier molecular flexibility index (Phi) is 7.15. The summed E-state index contributed by atoms with van der Waals surface area (Å²) in [5.74, 6) is 0.158. The van der Waals surface area contributed by atoms with Crippen molar-refractivity contribution in [2.45, 2.75) is 43.8 Å². The number of amides is 2. The molecule has 2 aliphatic rings. The Bertz CT molecular complexity index is 678. The fourth-order valence-corrected chi connectivity index (χ4v) is 3.81. The molecule has 0 saturated carbocycles. The second-order valence-corrected chi connectivity index (χ2v) is 7.84. The normalized spacial score (nSPS) is 24.9. The highest BCUT2D eigenvalue weighted by atomic mass is 35.5. The van der Waals surface area contributed by atoms with E-state index in [2.05, 4.69) is 0 Å². The van der Waals surface area contributed by atoms with Gasteiger partial charge in [-0.1, -0.05) is 11.6 Å². The molecule has 0 aliphatic carbocycles. The van der Waals surface area contributed by atoms with Gasteiger partial charge in [0.15, 0.2) is 0 Å². The first-order valence-corrected chi connectivity index (χ1v) is 10.0. The Morgan fingerprint density at radius 2 is 2.07 bits per heavy atom. The Hall–Kier alpha value is -1.83. The minimum atomic E-state index is -0.955. The van der Waals surface area contributed by atoms with Crippen LogP contribution in [0.1, 0.15) is 32.1 Å². The van der Waals surface area contributed by atoms with Crippen LogP contribution >= 0.6 is 11.6 Å². The summed E-state index contributed by atoms with van der Waals surface area (Å²) in [6.45, 7) is 2.00. The van der Waals surface area contributed by atoms with E-state index < -0.39 is 11.5 Å². The molecule has 0 unspecified atom stereocenters. The summed E-state index contributed by atoms with van der Waals surface area (Å²) in [4.78, 5) is 26.1. The van der Waals surface area contributed by atoms with E-state index in [4.69, 9.17) is 31.5 Å². The molecule has 8 heteroatoms. The van der Waals surface area contributed by atoms with E-state index >= 15 is 0 Å². The van der Waals surface area contributed by atoms with Gasteiger partial charge >= 0.3 is 0 Å². The molecule has 0 bridgehead atoms. The molecule has 2 amide bonds. The summed E-state index contributed by atoms with van der Waals surface area (Å²) < 4.78 is 17.3. The largest absolute Gasteiger partial charge is 0.490 e. The van der Waals surface area contributed by atoms with Crippen LogP contribution in [0.15, 0.2) is 24.3 Å². The van der Waals surface area contributed by atoms with Gasteiger partial charge in [-0.2, -0.15) is 0 Å². The lowest BCUT2D eigenvalue weighted by molar-refractivity contribution is -0.162. The number of rotatable bonds is 8. The zero-order chi connectivity index (χ0) is 20.0. The van der Waals surface area contributed by atoms with Crippen molar-refractivity contribution in [1.29, 1.82) is 0 Å². The zero-order valence-corrected chi connectivity index (χ0v) is 16.7. The van der Waals surface area contributed by atoms with E-state index in [0.717, 1.165) is 25.9 Å². The average Bonchev–Trinajstić information content (AvgIpc) is 3.19. The monoisotopic (exact) mass is 410 g/mol. The van der Waals surface area contributed by atoms with Crippen LogP contribution in [-0.2, 0) is 19.1 Å². The lowest BCUT2D eigenvalue weighted by Gasteiger charge is -2.42. The lowest BCUT2D eigenvalue weighted by atomic mass is 9.97.